The van der Waals surface area contributed by atoms with Crippen LogP contribution < -0.4 is 10.1 Å². The molecule has 27 heavy (non-hydrogen) atoms. The highest BCUT2D eigenvalue weighted by molar-refractivity contribution is 5.75. The van der Waals surface area contributed by atoms with Gasteiger partial charge in [0.05, 0.1) is 5.92 Å². The zero-order chi connectivity index (χ0) is 18.6. The molecule has 4 heteroatoms. The molecule has 1 aliphatic rings. The summed E-state index contributed by atoms with van der Waals surface area (Å²) < 4.78 is 5.87. The standard InChI is InChI=1S/C23H21NO3/c25-23(26)22-14-21(22)17-9-11-18(12-10-17)24-15-16-5-4-8-20(13-16)27-19-6-2-1-3-7-19/h1-13,21-22,24H,14-15H2,(H,25,26)/t21-,22+/m0/s1. The maximum Gasteiger partial charge on any atom is 0.307 e. The van der Waals surface area contributed by atoms with E-state index in [1.54, 1.807) is 0 Å². The van der Waals surface area contributed by atoms with Gasteiger partial charge in [0.15, 0.2) is 0 Å². The van der Waals surface area contributed by atoms with Crippen molar-refractivity contribution in [2.75, 3.05) is 5.32 Å². The van der Waals surface area contributed by atoms with Crippen LogP contribution in [0.5, 0.6) is 11.5 Å². The number of carbonyl (C=O) groups is 1. The molecule has 0 unspecified atom stereocenters. The fraction of sp³-hybridized carbons (Fsp3) is 0.174. The lowest BCUT2D eigenvalue weighted by molar-refractivity contribution is -0.138. The molecule has 1 fully saturated rings. The van der Waals surface area contributed by atoms with Crippen molar-refractivity contribution >= 4 is 11.7 Å². The van der Waals surface area contributed by atoms with Gasteiger partial charge in [0, 0.05) is 12.2 Å². The van der Waals surface area contributed by atoms with Gasteiger partial charge in [-0.1, -0.05) is 42.5 Å². The monoisotopic (exact) mass is 359 g/mol. The van der Waals surface area contributed by atoms with Crippen LogP contribution in [0.4, 0.5) is 5.69 Å². The highest BCUT2D eigenvalue weighted by Gasteiger charge is 2.43. The molecular formula is C23H21NO3. The van der Waals surface area contributed by atoms with Crippen LogP contribution in [0.15, 0.2) is 78.9 Å². The Morgan fingerprint density at radius 2 is 1.70 bits per heavy atom. The minimum atomic E-state index is -0.695. The van der Waals surface area contributed by atoms with Crippen LogP contribution in [0.3, 0.4) is 0 Å². The van der Waals surface area contributed by atoms with Gasteiger partial charge < -0.3 is 15.2 Å². The van der Waals surface area contributed by atoms with E-state index in [2.05, 4.69) is 11.4 Å². The Morgan fingerprint density at radius 3 is 2.41 bits per heavy atom. The molecule has 2 N–H and O–H groups in total. The average molecular weight is 359 g/mol. The number of hydrogen-bond donors (Lipinski definition) is 2. The molecule has 0 amide bonds. The summed E-state index contributed by atoms with van der Waals surface area (Å²) in [5, 5.41) is 12.4. The van der Waals surface area contributed by atoms with Gasteiger partial charge in [0.25, 0.3) is 0 Å². The summed E-state index contributed by atoms with van der Waals surface area (Å²) in [5.74, 6) is 0.890. The van der Waals surface area contributed by atoms with E-state index in [1.165, 1.54) is 0 Å². The predicted molar refractivity (Wildman–Crippen MR) is 105 cm³/mol. The zero-order valence-corrected chi connectivity index (χ0v) is 14.8. The van der Waals surface area contributed by atoms with E-state index in [0.717, 1.165) is 34.7 Å². The lowest BCUT2D eigenvalue weighted by atomic mass is 10.1. The minimum Gasteiger partial charge on any atom is -0.481 e. The van der Waals surface area contributed by atoms with Gasteiger partial charge in [-0.15, -0.1) is 0 Å². The number of ether oxygens (including phenoxy) is 1. The Labute approximate surface area is 158 Å². The van der Waals surface area contributed by atoms with Crippen molar-refractivity contribution in [1.29, 1.82) is 0 Å². The molecule has 0 bridgehead atoms. The zero-order valence-electron chi connectivity index (χ0n) is 14.8. The SMILES string of the molecule is O=C(O)[C@@H]1C[C@H]1c1ccc(NCc2cccc(Oc3ccccc3)c2)cc1. The first-order chi connectivity index (χ1) is 13.2. The van der Waals surface area contributed by atoms with Crippen LogP contribution in [0, 0.1) is 5.92 Å². The molecular weight excluding hydrogens is 338 g/mol. The summed E-state index contributed by atoms with van der Waals surface area (Å²) in [6.45, 7) is 0.687. The molecule has 4 rings (SSSR count). The van der Waals surface area contributed by atoms with E-state index in [0.29, 0.717) is 6.54 Å². The van der Waals surface area contributed by atoms with E-state index in [9.17, 15) is 4.79 Å². The van der Waals surface area contributed by atoms with Crippen LogP contribution in [0.1, 0.15) is 23.5 Å². The molecule has 0 spiro atoms. The number of carboxylic acid groups (broad SMARTS) is 1. The number of benzene rings is 3. The van der Waals surface area contributed by atoms with E-state index in [4.69, 9.17) is 9.84 Å². The van der Waals surface area contributed by atoms with Gasteiger partial charge in [-0.05, 0) is 59.9 Å². The van der Waals surface area contributed by atoms with Crippen LogP contribution >= 0.6 is 0 Å². The smallest absolute Gasteiger partial charge is 0.307 e. The second-order valence-electron chi connectivity index (χ2n) is 6.83. The number of anilines is 1. The van der Waals surface area contributed by atoms with Gasteiger partial charge in [-0.25, -0.2) is 0 Å². The van der Waals surface area contributed by atoms with Crippen LogP contribution in [-0.2, 0) is 11.3 Å². The third-order valence-electron chi connectivity index (χ3n) is 4.82. The molecule has 0 saturated heterocycles. The molecule has 0 aromatic heterocycles. The third-order valence-corrected chi connectivity index (χ3v) is 4.82. The second kappa shape index (κ2) is 7.54. The molecule has 136 valence electrons. The summed E-state index contributed by atoms with van der Waals surface area (Å²) in [5.41, 5.74) is 3.24. The summed E-state index contributed by atoms with van der Waals surface area (Å²) in [7, 11) is 0. The number of hydrogen-bond acceptors (Lipinski definition) is 3. The fourth-order valence-corrected chi connectivity index (χ4v) is 3.23. The summed E-state index contributed by atoms with van der Waals surface area (Å²) >= 11 is 0. The van der Waals surface area contributed by atoms with E-state index in [1.807, 2.05) is 72.8 Å². The largest absolute Gasteiger partial charge is 0.481 e. The Bertz CT molecular complexity index is 922. The van der Waals surface area contributed by atoms with Crippen molar-refractivity contribution in [1.82, 2.24) is 0 Å². The molecule has 0 heterocycles. The number of carboxylic acids is 1. The van der Waals surface area contributed by atoms with Gasteiger partial charge in [0.1, 0.15) is 11.5 Å². The minimum absolute atomic E-state index is 0.170. The summed E-state index contributed by atoms with van der Waals surface area (Å²) in [6.07, 6.45) is 0.746. The number of para-hydroxylation sites is 1. The first kappa shape index (κ1) is 17.2. The fourth-order valence-electron chi connectivity index (χ4n) is 3.23. The molecule has 3 aromatic carbocycles. The Hall–Kier alpha value is -3.27. The molecule has 1 saturated carbocycles. The van der Waals surface area contributed by atoms with Crippen LogP contribution in [-0.4, -0.2) is 11.1 Å². The first-order valence-electron chi connectivity index (χ1n) is 9.07. The van der Waals surface area contributed by atoms with Crippen molar-refractivity contribution in [2.45, 2.75) is 18.9 Å². The quantitative estimate of drug-likeness (QED) is 0.603. The topological polar surface area (TPSA) is 58.6 Å². The molecule has 4 nitrogen and oxygen atoms in total. The number of rotatable bonds is 7. The Kier molecular flexibility index (Phi) is 4.79. The number of nitrogens with one attached hydrogen (secondary N) is 1. The van der Waals surface area contributed by atoms with Gasteiger partial charge in [-0.3, -0.25) is 4.79 Å². The molecule has 0 aliphatic heterocycles. The van der Waals surface area contributed by atoms with Crippen LogP contribution in [0.2, 0.25) is 0 Å². The lowest BCUT2D eigenvalue weighted by Crippen LogP contribution is -2.00. The average Bonchev–Trinajstić information content (AvgIpc) is 3.49. The number of aliphatic carboxylic acids is 1. The first-order valence-corrected chi connectivity index (χ1v) is 9.07. The maximum absolute atomic E-state index is 11.0. The third kappa shape index (κ3) is 4.29. The Morgan fingerprint density at radius 1 is 0.963 bits per heavy atom. The van der Waals surface area contributed by atoms with Crippen molar-refractivity contribution in [3.05, 3.63) is 90.0 Å². The summed E-state index contributed by atoms with van der Waals surface area (Å²) in [6, 6.07) is 25.8. The normalized spacial score (nSPS) is 17.9. The van der Waals surface area contributed by atoms with E-state index >= 15 is 0 Å². The van der Waals surface area contributed by atoms with Crippen molar-refractivity contribution < 1.29 is 14.6 Å². The lowest BCUT2D eigenvalue weighted by Gasteiger charge is -2.10. The second-order valence-corrected chi connectivity index (χ2v) is 6.83. The highest BCUT2D eigenvalue weighted by Crippen LogP contribution is 2.47. The van der Waals surface area contributed by atoms with E-state index < -0.39 is 5.97 Å². The molecule has 2 atom stereocenters. The van der Waals surface area contributed by atoms with Crippen molar-refractivity contribution in [2.24, 2.45) is 5.92 Å². The van der Waals surface area contributed by atoms with Crippen molar-refractivity contribution in [3.8, 4) is 11.5 Å². The van der Waals surface area contributed by atoms with E-state index in [-0.39, 0.29) is 11.8 Å². The van der Waals surface area contributed by atoms with Crippen molar-refractivity contribution in [3.63, 3.8) is 0 Å². The molecule has 1 aliphatic carbocycles. The molecule has 0 radical (unpaired) electrons. The van der Waals surface area contributed by atoms with Crippen LogP contribution in [0.25, 0.3) is 0 Å². The van der Waals surface area contributed by atoms with Gasteiger partial charge in [-0.2, -0.15) is 0 Å². The highest BCUT2D eigenvalue weighted by atomic mass is 16.5. The molecule has 3 aromatic rings. The summed E-state index contributed by atoms with van der Waals surface area (Å²) in [4.78, 5) is 11.0. The predicted octanol–water partition coefficient (Wildman–Crippen LogP) is 5.28. The van der Waals surface area contributed by atoms with Gasteiger partial charge in [0.2, 0.25) is 0 Å². The van der Waals surface area contributed by atoms with Gasteiger partial charge >= 0.3 is 5.97 Å². The Balaban J connectivity index is 1.35. The maximum atomic E-state index is 11.0.